The van der Waals surface area contributed by atoms with Crippen LogP contribution in [0.1, 0.15) is 9.67 Å². The zero-order valence-electron chi connectivity index (χ0n) is 9.37. The van der Waals surface area contributed by atoms with E-state index in [-0.39, 0.29) is 5.91 Å². The van der Waals surface area contributed by atoms with E-state index in [2.05, 4.69) is 27.9 Å². The molecule has 94 valence electrons. The normalized spacial score (nSPS) is 10.2. The van der Waals surface area contributed by atoms with Crippen LogP contribution < -0.4 is 10.1 Å². The number of benzene rings is 1. The van der Waals surface area contributed by atoms with E-state index in [1.807, 2.05) is 0 Å². The molecule has 1 N–H and O–H groups in total. The summed E-state index contributed by atoms with van der Waals surface area (Å²) >= 11 is 9.34. The Morgan fingerprint density at radius 2 is 2.22 bits per heavy atom. The summed E-state index contributed by atoms with van der Waals surface area (Å²) in [6.07, 6.45) is 0. The number of hydrogen-bond acceptors (Lipinski definition) is 3. The fraction of sp³-hybridized carbons (Fsp3) is 0.0833. The summed E-state index contributed by atoms with van der Waals surface area (Å²) in [5.41, 5.74) is 0.748. The molecule has 3 nitrogen and oxygen atoms in total. The minimum Gasteiger partial charge on any atom is -0.496 e. The molecule has 1 amide bonds. The van der Waals surface area contributed by atoms with Gasteiger partial charge >= 0.3 is 0 Å². The third-order valence-electron chi connectivity index (χ3n) is 2.21. The van der Waals surface area contributed by atoms with E-state index in [0.29, 0.717) is 15.6 Å². The lowest BCUT2D eigenvalue weighted by Gasteiger charge is -2.06. The molecule has 0 atom stereocenters. The molecule has 2 aromatic rings. The van der Waals surface area contributed by atoms with E-state index in [0.717, 1.165) is 9.26 Å². The first-order valence-electron chi connectivity index (χ1n) is 4.99. The van der Waals surface area contributed by atoms with Crippen LogP contribution in [0.4, 0.5) is 5.69 Å². The Hall–Kier alpha value is -0.790. The van der Waals surface area contributed by atoms with E-state index in [4.69, 9.17) is 16.3 Å². The zero-order valence-corrected chi connectivity index (χ0v) is 13.1. The summed E-state index contributed by atoms with van der Waals surface area (Å²) in [6, 6.07) is 7.04. The van der Waals surface area contributed by atoms with Crippen molar-refractivity contribution in [2.24, 2.45) is 0 Å². The van der Waals surface area contributed by atoms with Gasteiger partial charge in [0.1, 0.15) is 5.75 Å². The highest BCUT2D eigenvalue weighted by Crippen LogP contribution is 2.25. The first-order valence-corrected chi connectivity index (χ1v) is 7.32. The molecule has 0 saturated carbocycles. The minimum atomic E-state index is -0.150. The Bertz CT molecular complexity index is 585. The van der Waals surface area contributed by atoms with Crippen LogP contribution in [0.25, 0.3) is 0 Å². The van der Waals surface area contributed by atoms with E-state index in [1.54, 1.807) is 36.8 Å². The number of carbonyl (C=O) groups is 1. The number of anilines is 1. The van der Waals surface area contributed by atoms with Crippen molar-refractivity contribution in [3.05, 3.63) is 43.1 Å². The molecule has 0 fully saturated rings. The van der Waals surface area contributed by atoms with E-state index < -0.39 is 0 Å². The van der Waals surface area contributed by atoms with Gasteiger partial charge in [-0.1, -0.05) is 11.6 Å². The van der Waals surface area contributed by atoms with Crippen LogP contribution >= 0.6 is 45.5 Å². The molecule has 0 aliphatic carbocycles. The molecule has 1 aromatic heterocycles. The average Bonchev–Trinajstić information content (AvgIpc) is 2.81. The minimum absolute atomic E-state index is 0.150. The number of halogens is 2. The first-order chi connectivity index (χ1) is 8.60. The molecule has 0 aliphatic rings. The van der Waals surface area contributed by atoms with Crippen LogP contribution in [0.2, 0.25) is 5.02 Å². The predicted molar refractivity (Wildman–Crippen MR) is 83.0 cm³/mol. The highest BCUT2D eigenvalue weighted by Gasteiger charge is 2.11. The number of methoxy groups -OCH3 is 1. The molecule has 0 bridgehead atoms. The van der Waals surface area contributed by atoms with Gasteiger partial charge in [-0.15, -0.1) is 11.3 Å². The van der Waals surface area contributed by atoms with Crippen LogP contribution in [0.15, 0.2) is 29.6 Å². The van der Waals surface area contributed by atoms with Gasteiger partial charge in [-0.3, -0.25) is 4.79 Å². The molecule has 2 rings (SSSR count). The predicted octanol–water partition coefficient (Wildman–Crippen LogP) is 4.27. The second-order valence-electron chi connectivity index (χ2n) is 3.43. The lowest BCUT2D eigenvalue weighted by molar-refractivity contribution is 0.103. The van der Waals surface area contributed by atoms with Crippen LogP contribution in [0.3, 0.4) is 0 Å². The lowest BCUT2D eigenvalue weighted by atomic mass is 10.3. The number of rotatable bonds is 3. The molecule has 1 aromatic carbocycles. The van der Waals surface area contributed by atoms with Gasteiger partial charge in [-0.05, 0) is 40.8 Å². The van der Waals surface area contributed by atoms with Crippen molar-refractivity contribution in [1.82, 2.24) is 0 Å². The van der Waals surface area contributed by atoms with E-state index in [1.165, 1.54) is 11.3 Å². The highest BCUT2D eigenvalue weighted by molar-refractivity contribution is 14.1. The molecule has 6 heteroatoms. The van der Waals surface area contributed by atoms with Gasteiger partial charge < -0.3 is 10.1 Å². The van der Waals surface area contributed by atoms with Crippen LogP contribution in [0, 0.1) is 3.57 Å². The van der Waals surface area contributed by atoms with Crippen molar-refractivity contribution < 1.29 is 9.53 Å². The van der Waals surface area contributed by atoms with Crippen molar-refractivity contribution in [1.29, 1.82) is 0 Å². The summed E-state index contributed by atoms with van der Waals surface area (Å²) in [7, 11) is 1.58. The molecule has 0 aliphatic heterocycles. The second kappa shape index (κ2) is 5.90. The van der Waals surface area contributed by atoms with Crippen molar-refractivity contribution in [2.45, 2.75) is 0 Å². The smallest absolute Gasteiger partial charge is 0.265 e. The van der Waals surface area contributed by atoms with Crippen LogP contribution in [0.5, 0.6) is 5.75 Å². The molecule has 0 saturated heterocycles. The van der Waals surface area contributed by atoms with Gasteiger partial charge in [0.25, 0.3) is 5.91 Å². The summed E-state index contributed by atoms with van der Waals surface area (Å²) in [6.45, 7) is 0. The van der Waals surface area contributed by atoms with Gasteiger partial charge in [-0.25, -0.2) is 0 Å². The van der Waals surface area contributed by atoms with Crippen molar-refractivity contribution >= 4 is 57.1 Å². The maximum Gasteiger partial charge on any atom is 0.265 e. The highest BCUT2D eigenvalue weighted by atomic mass is 127. The summed E-state index contributed by atoms with van der Waals surface area (Å²) in [4.78, 5) is 12.6. The van der Waals surface area contributed by atoms with Gasteiger partial charge in [0.2, 0.25) is 0 Å². The molecular weight excluding hydrogens is 385 g/mol. The van der Waals surface area contributed by atoms with Crippen LogP contribution in [-0.2, 0) is 0 Å². The van der Waals surface area contributed by atoms with Crippen molar-refractivity contribution in [2.75, 3.05) is 12.4 Å². The summed E-state index contributed by atoms with van der Waals surface area (Å²) in [5.74, 6) is 0.541. The fourth-order valence-corrected chi connectivity index (χ4v) is 3.08. The average molecular weight is 394 g/mol. The Balaban J connectivity index is 2.16. The van der Waals surface area contributed by atoms with E-state index in [9.17, 15) is 4.79 Å². The summed E-state index contributed by atoms with van der Waals surface area (Å²) in [5, 5.41) is 5.28. The Labute approximate surface area is 127 Å². The largest absolute Gasteiger partial charge is 0.496 e. The molecule has 18 heavy (non-hydrogen) atoms. The van der Waals surface area contributed by atoms with Crippen molar-refractivity contribution in [3.8, 4) is 5.75 Å². The Morgan fingerprint density at radius 3 is 2.83 bits per heavy atom. The monoisotopic (exact) mass is 393 g/mol. The zero-order chi connectivity index (χ0) is 13.1. The van der Waals surface area contributed by atoms with Gasteiger partial charge in [0.15, 0.2) is 0 Å². The lowest BCUT2D eigenvalue weighted by Crippen LogP contribution is -2.11. The van der Waals surface area contributed by atoms with Gasteiger partial charge in [-0.2, -0.15) is 0 Å². The quantitative estimate of drug-likeness (QED) is 0.791. The molecule has 0 unspecified atom stereocenters. The number of hydrogen-bond donors (Lipinski definition) is 1. The Kier molecular flexibility index (Phi) is 4.47. The van der Waals surface area contributed by atoms with Crippen molar-refractivity contribution in [3.63, 3.8) is 0 Å². The van der Waals surface area contributed by atoms with Gasteiger partial charge in [0, 0.05) is 20.0 Å². The number of amides is 1. The molecular formula is C12H9ClINO2S. The molecule has 0 radical (unpaired) electrons. The molecule has 0 spiro atoms. The fourth-order valence-electron chi connectivity index (χ4n) is 1.32. The maximum absolute atomic E-state index is 12.0. The van der Waals surface area contributed by atoms with Gasteiger partial charge in [0.05, 0.1) is 17.7 Å². The number of nitrogens with one attached hydrogen (secondary N) is 1. The van der Waals surface area contributed by atoms with Crippen LogP contribution in [-0.4, -0.2) is 13.0 Å². The third-order valence-corrected chi connectivity index (χ3v) is 4.25. The second-order valence-corrected chi connectivity index (χ2v) is 5.94. The topological polar surface area (TPSA) is 38.3 Å². The number of ether oxygens (including phenoxy) is 1. The third kappa shape index (κ3) is 3.15. The maximum atomic E-state index is 12.0. The number of thiophene rings is 1. The first kappa shape index (κ1) is 13.6. The Morgan fingerprint density at radius 1 is 1.44 bits per heavy atom. The molecule has 1 heterocycles. The number of carbonyl (C=O) groups excluding carboxylic acids is 1. The standard InChI is InChI=1S/C12H9ClINO2S/c1-17-8-5-11(18-6-8)12(16)15-10-3-2-7(13)4-9(10)14/h2-6H,1H3,(H,15,16). The SMILES string of the molecule is COc1csc(C(=O)Nc2ccc(Cl)cc2I)c1. The summed E-state index contributed by atoms with van der Waals surface area (Å²) < 4.78 is 5.95. The van der Waals surface area contributed by atoms with E-state index >= 15 is 0 Å².